The standard InChI is InChI=1S/C14H16N2O/c1-2-4-13-11(3-1)12-5-6-16(7-10-9-17-10)8-14(12)15-13/h1-4,10,15H,5-9H2. The molecule has 1 atom stereocenters. The van der Waals surface area contributed by atoms with Gasteiger partial charge in [-0.15, -0.1) is 0 Å². The molecule has 0 saturated carbocycles. The smallest absolute Gasteiger partial charge is 0.0936 e. The molecule has 1 saturated heterocycles. The fourth-order valence-electron chi connectivity index (χ4n) is 2.87. The molecule has 1 aromatic heterocycles. The Morgan fingerprint density at radius 1 is 1.35 bits per heavy atom. The van der Waals surface area contributed by atoms with Crippen molar-refractivity contribution in [3.63, 3.8) is 0 Å². The van der Waals surface area contributed by atoms with Crippen LogP contribution in [-0.4, -0.2) is 35.7 Å². The minimum absolute atomic E-state index is 0.501. The number of nitrogens with one attached hydrogen (secondary N) is 1. The van der Waals surface area contributed by atoms with E-state index in [4.69, 9.17) is 4.74 Å². The summed E-state index contributed by atoms with van der Waals surface area (Å²) in [4.78, 5) is 6.05. The Labute approximate surface area is 100 Å². The molecule has 3 heteroatoms. The molecular weight excluding hydrogens is 212 g/mol. The second-order valence-corrected chi connectivity index (χ2v) is 5.07. The number of aromatic amines is 1. The van der Waals surface area contributed by atoms with Crippen molar-refractivity contribution in [3.8, 4) is 0 Å². The molecule has 0 radical (unpaired) electrons. The van der Waals surface area contributed by atoms with Gasteiger partial charge < -0.3 is 9.72 Å². The van der Waals surface area contributed by atoms with E-state index in [1.54, 1.807) is 0 Å². The van der Waals surface area contributed by atoms with Crippen LogP contribution >= 0.6 is 0 Å². The molecule has 0 amide bonds. The van der Waals surface area contributed by atoms with Gasteiger partial charge in [0, 0.05) is 36.2 Å². The second-order valence-electron chi connectivity index (χ2n) is 5.07. The molecular formula is C14H16N2O. The molecule has 1 fully saturated rings. The van der Waals surface area contributed by atoms with Crippen molar-refractivity contribution in [2.75, 3.05) is 19.7 Å². The number of hydrogen-bond acceptors (Lipinski definition) is 2. The molecule has 0 spiro atoms. The molecule has 3 nitrogen and oxygen atoms in total. The number of aromatic nitrogens is 1. The maximum Gasteiger partial charge on any atom is 0.0936 e. The van der Waals surface area contributed by atoms with E-state index < -0.39 is 0 Å². The van der Waals surface area contributed by atoms with Gasteiger partial charge in [-0.2, -0.15) is 0 Å². The van der Waals surface area contributed by atoms with Gasteiger partial charge >= 0.3 is 0 Å². The van der Waals surface area contributed by atoms with Gasteiger partial charge in [0.15, 0.2) is 0 Å². The van der Waals surface area contributed by atoms with Crippen molar-refractivity contribution in [2.45, 2.75) is 19.1 Å². The van der Waals surface area contributed by atoms with Gasteiger partial charge in [0.1, 0.15) is 0 Å². The van der Waals surface area contributed by atoms with Gasteiger partial charge in [0.2, 0.25) is 0 Å². The Hall–Kier alpha value is -1.32. The molecule has 3 heterocycles. The average Bonchev–Trinajstić information content (AvgIpc) is 3.08. The second kappa shape index (κ2) is 3.59. The van der Waals surface area contributed by atoms with E-state index in [1.807, 2.05) is 0 Å². The molecule has 88 valence electrons. The van der Waals surface area contributed by atoms with Crippen LogP contribution in [0.1, 0.15) is 11.3 Å². The summed E-state index contributed by atoms with van der Waals surface area (Å²) in [7, 11) is 0. The van der Waals surface area contributed by atoms with Crippen LogP contribution in [0, 0.1) is 0 Å². The number of rotatable bonds is 2. The number of ether oxygens (including phenoxy) is 1. The van der Waals surface area contributed by atoms with Crippen molar-refractivity contribution in [1.82, 2.24) is 9.88 Å². The number of nitrogens with zero attached hydrogens (tertiary/aromatic N) is 1. The summed E-state index contributed by atoms with van der Waals surface area (Å²) >= 11 is 0. The average molecular weight is 228 g/mol. The first-order valence-electron chi connectivity index (χ1n) is 6.32. The Bertz CT molecular complexity index is 556. The molecule has 1 unspecified atom stereocenters. The Morgan fingerprint density at radius 2 is 2.24 bits per heavy atom. The zero-order valence-corrected chi connectivity index (χ0v) is 9.78. The normalized spacial score (nSPS) is 23.9. The third-order valence-corrected chi connectivity index (χ3v) is 3.83. The minimum atomic E-state index is 0.501. The summed E-state index contributed by atoms with van der Waals surface area (Å²) in [6.07, 6.45) is 1.66. The Balaban J connectivity index is 1.67. The monoisotopic (exact) mass is 228 g/mol. The van der Waals surface area contributed by atoms with Crippen molar-refractivity contribution >= 4 is 10.9 Å². The zero-order valence-electron chi connectivity index (χ0n) is 9.78. The van der Waals surface area contributed by atoms with E-state index in [0.29, 0.717) is 6.10 Å². The predicted octanol–water partition coefficient (Wildman–Crippen LogP) is 1.92. The lowest BCUT2D eigenvalue weighted by atomic mass is 10.0. The van der Waals surface area contributed by atoms with Gasteiger partial charge in [-0.25, -0.2) is 0 Å². The highest BCUT2D eigenvalue weighted by molar-refractivity contribution is 5.84. The molecule has 2 aliphatic rings. The highest BCUT2D eigenvalue weighted by Gasteiger charge is 2.28. The fourth-order valence-corrected chi connectivity index (χ4v) is 2.87. The summed E-state index contributed by atoms with van der Waals surface area (Å²) in [6, 6.07) is 8.62. The van der Waals surface area contributed by atoms with Crippen molar-refractivity contribution in [3.05, 3.63) is 35.5 Å². The van der Waals surface area contributed by atoms with Crippen LogP contribution in [0.4, 0.5) is 0 Å². The summed E-state index contributed by atoms with van der Waals surface area (Å²) in [6.45, 7) is 4.25. The molecule has 4 rings (SSSR count). The third-order valence-electron chi connectivity index (χ3n) is 3.83. The van der Waals surface area contributed by atoms with Gasteiger partial charge in [-0.3, -0.25) is 4.90 Å². The number of epoxide rings is 1. The SMILES string of the molecule is c1ccc2c3c([nH]c2c1)CN(CC1CO1)CC3. The van der Waals surface area contributed by atoms with Crippen molar-refractivity contribution < 1.29 is 4.74 Å². The summed E-state index contributed by atoms with van der Waals surface area (Å²) in [5, 5.41) is 1.41. The van der Waals surface area contributed by atoms with Crippen LogP contribution in [0.5, 0.6) is 0 Å². The van der Waals surface area contributed by atoms with Crippen LogP contribution < -0.4 is 0 Å². The number of para-hydroxylation sites is 1. The first-order valence-corrected chi connectivity index (χ1v) is 6.32. The quantitative estimate of drug-likeness (QED) is 0.796. The minimum Gasteiger partial charge on any atom is -0.372 e. The van der Waals surface area contributed by atoms with E-state index in [2.05, 4.69) is 34.1 Å². The van der Waals surface area contributed by atoms with Gasteiger partial charge in [-0.1, -0.05) is 18.2 Å². The van der Waals surface area contributed by atoms with Crippen LogP contribution in [0.15, 0.2) is 24.3 Å². The maximum absolute atomic E-state index is 5.31. The van der Waals surface area contributed by atoms with Crippen LogP contribution in [0.2, 0.25) is 0 Å². The zero-order chi connectivity index (χ0) is 11.2. The topological polar surface area (TPSA) is 31.6 Å². The largest absolute Gasteiger partial charge is 0.372 e. The lowest BCUT2D eigenvalue weighted by Crippen LogP contribution is -2.33. The Kier molecular flexibility index (Phi) is 2.04. The molecule has 0 aliphatic carbocycles. The number of benzene rings is 1. The summed E-state index contributed by atoms with van der Waals surface area (Å²) < 4.78 is 5.31. The van der Waals surface area contributed by atoms with Crippen molar-refractivity contribution in [1.29, 1.82) is 0 Å². The molecule has 1 aromatic carbocycles. The molecule has 17 heavy (non-hydrogen) atoms. The highest BCUT2D eigenvalue weighted by Crippen LogP contribution is 2.28. The lowest BCUT2D eigenvalue weighted by Gasteiger charge is -2.26. The number of fused-ring (bicyclic) bond motifs is 3. The van der Waals surface area contributed by atoms with Gasteiger partial charge in [-0.05, 0) is 18.1 Å². The van der Waals surface area contributed by atoms with E-state index in [0.717, 1.165) is 32.7 Å². The Morgan fingerprint density at radius 3 is 3.12 bits per heavy atom. The van der Waals surface area contributed by atoms with Crippen LogP contribution in [0.3, 0.4) is 0 Å². The summed E-state index contributed by atoms with van der Waals surface area (Å²) in [5.41, 5.74) is 4.20. The molecule has 1 N–H and O–H groups in total. The molecule has 2 aliphatic heterocycles. The number of hydrogen-bond donors (Lipinski definition) is 1. The predicted molar refractivity (Wildman–Crippen MR) is 67.0 cm³/mol. The first-order chi connectivity index (χ1) is 8.40. The van der Waals surface area contributed by atoms with E-state index >= 15 is 0 Å². The van der Waals surface area contributed by atoms with E-state index in [1.165, 1.54) is 22.2 Å². The van der Waals surface area contributed by atoms with Gasteiger partial charge in [0.05, 0.1) is 12.7 Å². The van der Waals surface area contributed by atoms with Crippen LogP contribution in [-0.2, 0) is 17.7 Å². The highest BCUT2D eigenvalue weighted by atomic mass is 16.6. The maximum atomic E-state index is 5.31. The lowest BCUT2D eigenvalue weighted by molar-refractivity contribution is 0.224. The fraction of sp³-hybridized carbons (Fsp3) is 0.429. The molecule has 2 aromatic rings. The summed E-state index contributed by atoms with van der Waals surface area (Å²) in [5.74, 6) is 0. The van der Waals surface area contributed by atoms with E-state index in [-0.39, 0.29) is 0 Å². The van der Waals surface area contributed by atoms with Crippen LogP contribution in [0.25, 0.3) is 10.9 Å². The van der Waals surface area contributed by atoms with Gasteiger partial charge in [0.25, 0.3) is 0 Å². The van der Waals surface area contributed by atoms with E-state index in [9.17, 15) is 0 Å². The first kappa shape index (κ1) is 9.68. The number of H-pyrrole nitrogens is 1. The van der Waals surface area contributed by atoms with Crippen molar-refractivity contribution in [2.24, 2.45) is 0 Å². The molecule has 0 bridgehead atoms. The third kappa shape index (κ3) is 1.66.